The predicted octanol–water partition coefficient (Wildman–Crippen LogP) is 5.48. The average molecular weight is 387 g/mol. The molecule has 0 saturated carbocycles. The summed E-state index contributed by atoms with van der Waals surface area (Å²) in [5.41, 5.74) is 0. The fourth-order valence-electron chi connectivity index (χ4n) is 1.38. The maximum Gasteiger partial charge on any atom is 0.156 e. The SMILES string of the molecule is CC=NOCCCOc1c(Cl)cc(OCC=C(Cl)Cl)cc1Cl. The summed E-state index contributed by atoms with van der Waals surface area (Å²) in [5, 5.41) is 4.35. The van der Waals surface area contributed by atoms with E-state index in [-0.39, 0.29) is 11.1 Å². The number of hydrogen-bond donors (Lipinski definition) is 0. The molecule has 4 nitrogen and oxygen atoms in total. The Morgan fingerprint density at radius 3 is 2.41 bits per heavy atom. The first-order valence-electron chi connectivity index (χ1n) is 6.40. The zero-order chi connectivity index (χ0) is 16.4. The second-order valence-corrected chi connectivity index (χ2v) is 5.74. The van der Waals surface area contributed by atoms with Crippen LogP contribution in [0.4, 0.5) is 0 Å². The summed E-state index contributed by atoms with van der Waals surface area (Å²) in [4.78, 5) is 4.94. The molecule has 0 amide bonds. The molecule has 0 radical (unpaired) electrons. The van der Waals surface area contributed by atoms with Gasteiger partial charge in [0.25, 0.3) is 0 Å². The smallest absolute Gasteiger partial charge is 0.156 e. The number of nitrogens with zero attached hydrogens (tertiary/aromatic N) is 1. The Morgan fingerprint density at radius 2 is 1.82 bits per heavy atom. The lowest BCUT2D eigenvalue weighted by atomic mass is 10.3. The van der Waals surface area contributed by atoms with E-state index in [1.54, 1.807) is 25.3 Å². The number of rotatable bonds is 9. The Bertz CT molecular complexity index is 508. The van der Waals surface area contributed by atoms with Crippen LogP contribution < -0.4 is 9.47 Å². The summed E-state index contributed by atoms with van der Waals surface area (Å²) in [6.45, 7) is 2.84. The predicted molar refractivity (Wildman–Crippen MR) is 92.0 cm³/mol. The van der Waals surface area contributed by atoms with Crippen LogP contribution in [0.5, 0.6) is 11.5 Å². The molecule has 1 aromatic rings. The van der Waals surface area contributed by atoms with Crippen molar-refractivity contribution in [1.82, 2.24) is 0 Å². The van der Waals surface area contributed by atoms with Gasteiger partial charge in [-0.2, -0.15) is 0 Å². The van der Waals surface area contributed by atoms with Crippen LogP contribution in [0.3, 0.4) is 0 Å². The standard InChI is InChI=1S/C14H15Cl4NO3/c1-2-19-22-6-3-5-21-14-11(15)8-10(9-12(14)16)20-7-4-13(17)18/h2,4,8-9H,3,5-7H2,1H3. The Balaban J connectivity index is 2.52. The first-order chi connectivity index (χ1) is 10.5. The molecule has 0 aliphatic carbocycles. The highest BCUT2D eigenvalue weighted by Gasteiger charge is 2.10. The average Bonchev–Trinajstić information content (AvgIpc) is 2.44. The fourth-order valence-corrected chi connectivity index (χ4v) is 2.09. The minimum Gasteiger partial charge on any atom is -0.490 e. The zero-order valence-corrected chi connectivity index (χ0v) is 14.8. The molecule has 1 aromatic carbocycles. The molecule has 0 aromatic heterocycles. The van der Waals surface area contributed by atoms with E-state index < -0.39 is 0 Å². The van der Waals surface area contributed by atoms with Crippen molar-refractivity contribution in [1.29, 1.82) is 0 Å². The van der Waals surface area contributed by atoms with Gasteiger partial charge in [0.05, 0.1) is 16.7 Å². The molecule has 122 valence electrons. The number of halogens is 4. The highest BCUT2D eigenvalue weighted by Crippen LogP contribution is 2.37. The lowest BCUT2D eigenvalue weighted by Crippen LogP contribution is -2.02. The number of oxime groups is 1. The normalized spacial score (nSPS) is 10.6. The molecule has 0 atom stereocenters. The van der Waals surface area contributed by atoms with E-state index in [2.05, 4.69) is 5.16 Å². The summed E-state index contributed by atoms with van der Waals surface area (Å²) in [6.07, 6.45) is 3.73. The van der Waals surface area contributed by atoms with Crippen molar-refractivity contribution in [3.63, 3.8) is 0 Å². The van der Waals surface area contributed by atoms with Gasteiger partial charge in [0.15, 0.2) is 5.75 Å². The molecule has 0 spiro atoms. The van der Waals surface area contributed by atoms with Gasteiger partial charge in [-0.05, 0) is 13.0 Å². The minimum absolute atomic E-state index is 0.131. The largest absolute Gasteiger partial charge is 0.490 e. The Labute approximate surface area is 149 Å². The Hall–Kier alpha value is -0.810. The van der Waals surface area contributed by atoms with Crippen molar-refractivity contribution in [2.45, 2.75) is 13.3 Å². The van der Waals surface area contributed by atoms with Crippen LogP contribution in [0, 0.1) is 0 Å². The van der Waals surface area contributed by atoms with E-state index in [1.807, 2.05) is 0 Å². The highest BCUT2D eigenvalue weighted by atomic mass is 35.5. The molecule has 0 bridgehead atoms. The van der Waals surface area contributed by atoms with Crippen LogP contribution in [-0.4, -0.2) is 26.0 Å². The van der Waals surface area contributed by atoms with E-state index in [0.29, 0.717) is 41.2 Å². The molecule has 0 aliphatic heterocycles. The molecule has 8 heteroatoms. The molecule has 0 N–H and O–H groups in total. The second kappa shape index (κ2) is 10.8. The van der Waals surface area contributed by atoms with Gasteiger partial charge in [0, 0.05) is 24.8 Å². The van der Waals surface area contributed by atoms with Crippen molar-refractivity contribution >= 4 is 52.6 Å². The molecule has 1 rings (SSSR count). The lowest BCUT2D eigenvalue weighted by molar-refractivity contribution is 0.129. The molecule has 0 fully saturated rings. The third-order valence-corrected chi connectivity index (χ3v) is 3.14. The summed E-state index contributed by atoms with van der Waals surface area (Å²) in [7, 11) is 0. The van der Waals surface area contributed by atoms with Gasteiger partial charge in [0.1, 0.15) is 23.5 Å². The highest BCUT2D eigenvalue weighted by molar-refractivity contribution is 6.55. The van der Waals surface area contributed by atoms with E-state index in [9.17, 15) is 0 Å². The Kier molecular flexibility index (Phi) is 9.48. The monoisotopic (exact) mass is 385 g/mol. The third-order valence-electron chi connectivity index (χ3n) is 2.27. The van der Waals surface area contributed by atoms with Crippen LogP contribution >= 0.6 is 46.4 Å². The summed E-state index contributed by atoms with van der Waals surface area (Å²) < 4.78 is 11.1. The number of ether oxygens (including phenoxy) is 2. The van der Waals surface area contributed by atoms with Gasteiger partial charge in [-0.1, -0.05) is 51.6 Å². The van der Waals surface area contributed by atoms with Crippen LogP contribution in [0.15, 0.2) is 27.9 Å². The van der Waals surface area contributed by atoms with Gasteiger partial charge < -0.3 is 14.3 Å². The zero-order valence-electron chi connectivity index (χ0n) is 11.8. The molecule has 0 heterocycles. The Morgan fingerprint density at radius 1 is 1.14 bits per heavy atom. The van der Waals surface area contributed by atoms with Crippen LogP contribution in [0.2, 0.25) is 10.0 Å². The van der Waals surface area contributed by atoms with Crippen molar-refractivity contribution in [3.05, 3.63) is 32.7 Å². The first-order valence-corrected chi connectivity index (χ1v) is 7.91. The van der Waals surface area contributed by atoms with E-state index in [4.69, 9.17) is 60.7 Å². The maximum atomic E-state index is 6.13. The van der Waals surface area contributed by atoms with Gasteiger partial charge >= 0.3 is 0 Å². The van der Waals surface area contributed by atoms with Gasteiger partial charge in [-0.25, -0.2) is 0 Å². The summed E-state index contributed by atoms with van der Waals surface area (Å²) in [5.74, 6) is 0.898. The second-order valence-electron chi connectivity index (χ2n) is 3.92. The van der Waals surface area contributed by atoms with Crippen LogP contribution in [-0.2, 0) is 4.84 Å². The van der Waals surface area contributed by atoms with Crippen molar-refractivity contribution in [2.24, 2.45) is 5.16 Å². The van der Waals surface area contributed by atoms with E-state index >= 15 is 0 Å². The number of benzene rings is 1. The van der Waals surface area contributed by atoms with E-state index in [0.717, 1.165) is 0 Å². The van der Waals surface area contributed by atoms with Gasteiger partial charge in [-0.15, -0.1) is 0 Å². The van der Waals surface area contributed by atoms with Crippen molar-refractivity contribution in [2.75, 3.05) is 19.8 Å². The lowest BCUT2D eigenvalue weighted by Gasteiger charge is -2.12. The van der Waals surface area contributed by atoms with Gasteiger partial charge in [0.2, 0.25) is 0 Å². The maximum absolute atomic E-state index is 6.13. The molecular weight excluding hydrogens is 372 g/mol. The minimum atomic E-state index is 0.131. The summed E-state index contributed by atoms with van der Waals surface area (Å²) in [6, 6.07) is 3.22. The fraction of sp³-hybridized carbons (Fsp3) is 0.357. The van der Waals surface area contributed by atoms with E-state index in [1.165, 1.54) is 6.08 Å². The van der Waals surface area contributed by atoms with Crippen LogP contribution in [0.25, 0.3) is 0 Å². The van der Waals surface area contributed by atoms with Crippen molar-refractivity contribution in [3.8, 4) is 11.5 Å². The molecule has 0 saturated heterocycles. The molecular formula is C14H15Cl4NO3. The first kappa shape index (κ1) is 19.2. The molecule has 0 aliphatic rings. The van der Waals surface area contributed by atoms with Crippen LogP contribution in [0.1, 0.15) is 13.3 Å². The number of hydrogen-bond acceptors (Lipinski definition) is 4. The molecule has 0 unspecified atom stereocenters. The topological polar surface area (TPSA) is 40.0 Å². The molecule has 22 heavy (non-hydrogen) atoms. The third kappa shape index (κ3) is 7.45. The van der Waals surface area contributed by atoms with Gasteiger partial charge in [-0.3, -0.25) is 0 Å². The summed E-state index contributed by atoms with van der Waals surface area (Å²) >= 11 is 23.2. The quantitative estimate of drug-likeness (QED) is 0.320. The van der Waals surface area contributed by atoms with Crippen molar-refractivity contribution < 1.29 is 14.3 Å².